The summed E-state index contributed by atoms with van der Waals surface area (Å²) in [5, 5.41) is 8.84. The highest BCUT2D eigenvalue weighted by molar-refractivity contribution is 6.33. The van der Waals surface area contributed by atoms with Crippen LogP contribution in [0.5, 0.6) is 5.75 Å². The van der Waals surface area contributed by atoms with Gasteiger partial charge >= 0.3 is 12.3 Å². The highest BCUT2D eigenvalue weighted by atomic mass is 35.5. The van der Waals surface area contributed by atoms with Crippen LogP contribution in [0.1, 0.15) is 18.2 Å². The van der Waals surface area contributed by atoms with Crippen molar-refractivity contribution in [2.45, 2.75) is 19.5 Å². The zero-order chi connectivity index (χ0) is 15.8. The first-order valence-electron chi connectivity index (χ1n) is 5.84. The molecule has 4 nitrogen and oxygen atoms in total. The molecule has 1 aromatic carbocycles. The fourth-order valence-electron chi connectivity index (χ4n) is 1.93. The molecule has 21 heavy (non-hydrogen) atoms. The van der Waals surface area contributed by atoms with Crippen LogP contribution in [0.25, 0.3) is 10.9 Å². The number of aromatic nitrogens is 1. The number of halogens is 4. The van der Waals surface area contributed by atoms with E-state index in [4.69, 9.17) is 16.7 Å². The number of aryl methyl sites for hydroxylation is 1. The second kappa shape index (κ2) is 5.40. The maximum Gasteiger partial charge on any atom is 0.511 e. The van der Waals surface area contributed by atoms with E-state index in [0.29, 0.717) is 5.39 Å². The van der Waals surface area contributed by atoms with Crippen LogP contribution < -0.4 is 4.74 Å². The van der Waals surface area contributed by atoms with Crippen LogP contribution in [0.3, 0.4) is 0 Å². The Morgan fingerprint density at radius 3 is 2.62 bits per heavy atom. The number of ether oxygens (including phenoxy) is 1. The molecule has 0 bridgehead atoms. The van der Waals surface area contributed by atoms with Crippen molar-refractivity contribution < 1.29 is 27.8 Å². The third-order valence-electron chi connectivity index (χ3n) is 2.81. The molecule has 112 valence electrons. The molecular formula is C13H9ClF3NO3. The van der Waals surface area contributed by atoms with E-state index in [9.17, 15) is 18.0 Å². The van der Waals surface area contributed by atoms with Gasteiger partial charge in [0.25, 0.3) is 0 Å². The average Bonchev–Trinajstić information content (AvgIpc) is 2.39. The molecule has 2 rings (SSSR count). The molecule has 0 saturated carbocycles. The maximum atomic E-state index is 13.0. The molecule has 0 atom stereocenters. The maximum absolute atomic E-state index is 13.0. The van der Waals surface area contributed by atoms with E-state index in [1.165, 1.54) is 18.2 Å². The number of alkyl halides is 3. The summed E-state index contributed by atoms with van der Waals surface area (Å²) >= 11 is 5.78. The minimum Gasteiger partial charge on any atom is -0.449 e. The summed E-state index contributed by atoms with van der Waals surface area (Å²) in [5.41, 5.74) is -1.30. The van der Waals surface area contributed by atoms with Crippen molar-refractivity contribution in [2.75, 3.05) is 0 Å². The van der Waals surface area contributed by atoms with Gasteiger partial charge in [0.15, 0.2) is 5.75 Å². The minimum absolute atomic E-state index is 0.0126. The molecule has 1 aromatic heterocycles. The monoisotopic (exact) mass is 319 g/mol. The topological polar surface area (TPSA) is 59.4 Å². The highest BCUT2D eigenvalue weighted by Gasteiger charge is 2.35. The summed E-state index contributed by atoms with van der Waals surface area (Å²) in [6, 6.07) is 4.10. The Labute approximate surface area is 122 Å². The van der Waals surface area contributed by atoms with Crippen LogP contribution in [-0.4, -0.2) is 16.2 Å². The Kier molecular flexibility index (Phi) is 3.95. The molecule has 8 heteroatoms. The molecule has 0 fully saturated rings. The van der Waals surface area contributed by atoms with Gasteiger partial charge in [0.1, 0.15) is 11.2 Å². The van der Waals surface area contributed by atoms with E-state index in [1.807, 2.05) is 0 Å². The van der Waals surface area contributed by atoms with Gasteiger partial charge in [-0.25, -0.2) is 9.78 Å². The zero-order valence-corrected chi connectivity index (χ0v) is 11.4. The van der Waals surface area contributed by atoms with Crippen molar-refractivity contribution in [3.63, 3.8) is 0 Å². The Hall–Kier alpha value is -2.02. The largest absolute Gasteiger partial charge is 0.511 e. The van der Waals surface area contributed by atoms with Crippen LogP contribution in [0.15, 0.2) is 18.2 Å². The number of hydrogen-bond donors (Lipinski definition) is 1. The number of pyridine rings is 1. The van der Waals surface area contributed by atoms with Gasteiger partial charge in [-0.2, -0.15) is 13.2 Å². The van der Waals surface area contributed by atoms with E-state index in [1.54, 1.807) is 6.92 Å². The first kappa shape index (κ1) is 15.4. The SMILES string of the molecule is CCc1cc2ccc(Cl)c(OC(=O)O)c2nc1C(F)(F)F. The van der Waals surface area contributed by atoms with Crippen molar-refractivity contribution in [3.05, 3.63) is 34.5 Å². The van der Waals surface area contributed by atoms with Crippen LogP contribution in [-0.2, 0) is 12.6 Å². The molecule has 1 N–H and O–H groups in total. The van der Waals surface area contributed by atoms with Crippen molar-refractivity contribution >= 4 is 28.7 Å². The van der Waals surface area contributed by atoms with Crippen LogP contribution in [0.4, 0.5) is 18.0 Å². The standard InChI is InChI=1S/C13H9ClF3NO3/c1-2-6-5-7-3-4-8(14)10(21-12(19)20)9(7)18-11(6)13(15,16)17/h3-5H,2H2,1H3,(H,19,20). The molecule has 0 aliphatic heterocycles. The summed E-state index contributed by atoms with van der Waals surface area (Å²) in [6.45, 7) is 1.57. The van der Waals surface area contributed by atoms with Gasteiger partial charge < -0.3 is 9.84 Å². The van der Waals surface area contributed by atoms with Crippen molar-refractivity contribution in [2.24, 2.45) is 0 Å². The predicted octanol–water partition coefficient (Wildman–Crippen LogP) is 4.53. The first-order valence-corrected chi connectivity index (χ1v) is 6.22. The summed E-state index contributed by atoms with van der Waals surface area (Å²) < 4.78 is 43.5. The van der Waals surface area contributed by atoms with E-state index < -0.39 is 23.8 Å². The number of nitrogens with zero attached hydrogens (tertiary/aromatic N) is 1. The smallest absolute Gasteiger partial charge is 0.449 e. The summed E-state index contributed by atoms with van der Waals surface area (Å²) in [4.78, 5) is 14.2. The second-order valence-corrected chi connectivity index (χ2v) is 4.57. The Balaban J connectivity index is 2.80. The Morgan fingerprint density at radius 1 is 1.43 bits per heavy atom. The molecule has 0 aliphatic rings. The van der Waals surface area contributed by atoms with Gasteiger partial charge in [0, 0.05) is 5.39 Å². The zero-order valence-electron chi connectivity index (χ0n) is 10.7. The summed E-state index contributed by atoms with van der Waals surface area (Å²) in [5.74, 6) is -0.408. The number of carbonyl (C=O) groups is 1. The molecule has 1 heterocycles. The van der Waals surface area contributed by atoms with Crippen molar-refractivity contribution in [1.82, 2.24) is 4.98 Å². The van der Waals surface area contributed by atoms with Crippen LogP contribution in [0.2, 0.25) is 5.02 Å². The quantitative estimate of drug-likeness (QED) is 0.653. The molecule has 0 amide bonds. The van der Waals surface area contributed by atoms with Crippen LogP contribution in [0, 0.1) is 0 Å². The highest BCUT2D eigenvalue weighted by Crippen LogP contribution is 2.37. The van der Waals surface area contributed by atoms with Crippen molar-refractivity contribution in [1.29, 1.82) is 0 Å². The third kappa shape index (κ3) is 3.02. The Bertz CT molecular complexity index is 716. The lowest BCUT2D eigenvalue weighted by Gasteiger charge is -2.14. The van der Waals surface area contributed by atoms with Gasteiger partial charge in [0.05, 0.1) is 5.02 Å². The normalized spacial score (nSPS) is 11.7. The molecule has 2 aromatic rings. The number of hydrogen-bond acceptors (Lipinski definition) is 3. The summed E-state index contributed by atoms with van der Waals surface area (Å²) in [7, 11) is 0. The average molecular weight is 320 g/mol. The molecule has 0 unspecified atom stereocenters. The lowest BCUT2D eigenvalue weighted by atomic mass is 10.1. The van der Waals surface area contributed by atoms with Crippen LogP contribution >= 0.6 is 11.6 Å². The van der Waals surface area contributed by atoms with E-state index in [2.05, 4.69) is 9.72 Å². The minimum atomic E-state index is -4.65. The fraction of sp³-hybridized carbons (Fsp3) is 0.231. The molecule has 0 aliphatic carbocycles. The van der Waals surface area contributed by atoms with Crippen molar-refractivity contribution in [3.8, 4) is 5.75 Å². The number of rotatable bonds is 2. The summed E-state index contributed by atoms with van der Waals surface area (Å²) in [6.07, 6.45) is -6.20. The van der Waals surface area contributed by atoms with Gasteiger partial charge in [-0.1, -0.05) is 24.6 Å². The fourth-order valence-corrected chi connectivity index (χ4v) is 2.12. The van der Waals surface area contributed by atoms with Gasteiger partial charge in [0.2, 0.25) is 0 Å². The molecule has 0 radical (unpaired) electrons. The van der Waals surface area contributed by atoms with E-state index >= 15 is 0 Å². The molecule has 0 saturated heterocycles. The third-order valence-corrected chi connectivity index (χ3v) is 3.11. The molecular weight excluding hydrogens is 311 g/mol. The lowest BCUT2D eigenvalue weighted by molar-refractivity contribution is -0.141. The lowest BCUT2D eigenvalue weighted by Crippen LogP contribution is -2.13. The molecule has 0 spiro atoms. The second-order valence-electron chi connectivity index (χ2n) is 4.16. The van der Waals surface area contributed by atoms with Gasteiger partial charge in [-0.05, 0) is 24.1 Å². The van der Waals surface area contributed by atoms with Gasteiger partial charge in [-0.3, -0.25) is 0 Å². The number of carboxylic acid groups (broad SMARTS) is 1. The number of benzene rings is 1. The first-order chi connectivity index (χ1) is 9.74. The number of fused-ring (bicyclic) bond motifs is 1. The van der Waals surface area contributed by atoms with E-state index in [-0.39, 0.29) is 22.5 Å². The predicted molar refractivity (Wildman–Crippen MR) is 69.8 cm³/mol. The van der Waals surface area contributed by atoms with Gasteiger partial charge in [-0.15, -0.1) is 0 Å². The Morgan fingerprint density at radius 2 is 2.10 bits per heavy atom. The van der Waals surface area contributed by atoms with E-state index in [0.717, 1.165) is 0 Å².